The van der Waals surface area contributed by atoms with Crippen LogP contribution in [0.5, 0.6) is 0 Å². The summed E-state index contributed by atoms with van der Waals surface area (Å²) >= 11 is 0. The van der Waals surface area contributed by atoms with Gasteiger partial charge in [0.05, 0.1) is 5.75 Å². The average molecular weight is 298 g/mol. The number of rotatable bonds is 2. The standard InChI is InChI=1S/C15H26N2O2S/c1-12(2)15-10-16-7-4-3-5-13(16)9-17(15)14-6-8-20(18,19)11-14/h6,8,12-15H,3-5,7,9-11H2,1-2H3. The zero-order valence-corrected chi connectivity index (χ0v) is 13.3. The molecule has 3 heterocycles. The third-order valence-corrected chi connectivity index (χ3v) is 6.50. The highest BCUT2D eigenvalue weighted by Gasteiger charge is 2.40. The molecule has 3 unspecified atom stereocenters. The summed E-state index contributed by atoms with van der Waals surface area (Å²) in [4.78, 5) is 5.11. The van der Waals surface area contributed by atoms with Crippen molar-refractivity contribution in [2.45, 2.75) is 51.2 Å². The lowest BCUT2D eigenvalue weighted by molar-refractivity contribution is -0.0166. The molecular weight excluding hydrogens is 272 g/mol. The first-order chi connectivity index (χ1) is 9.46. The zero-order valence-electron chi connectivity index (χ0n) is 12.5. The van der Waals surface area contributed by atoms with Gasteiger partial charge in [-0.1, -0.05) is 26.3 Å². The van der Waals surface area contributed by atoms with E-state index in [1.54, 1.807) is 0 Å². The Balaban J connectivity index is 1.78. The number of piperidine rings is 1. The van der Waals surface area contributed by atoms with Gasteiger partial charge in [-0.3, -0.25) is 9.80 Å². The Hall–Kier alpha value is -0.390. The van der Waals surface area contributed by atoms with E-state index < -0.39 is 9.84 Å². The molecule has 0 radical (unpaired) electrons. The van der Waals surface area contributed by atoms with Crippen molar-refractivity contribution in [1.29, 1.82) is 0 Å². The molecule has 0 aliphatic carbocycles. The van der Waals surface area contributed by atoms with Gasteiger partial charge < -0.3 is 0 Å². The van der Waals surface area contributed by atoms with Crippen LogP contribution < -0.4 is 0 Å². The van der Waals surface area contributed by atoms with Crippen LogP contribution in [0.25, 0.3) is 0 Å². The molecule has 0 saturated carbocycles. The fraction of sp³-hybridized carbons (Fsp3) is 0.867. The van der Waals surface area contributed by atoms with Crippen LogP contribution in [0.4, 0.5) is 0 Å². The summed E-state index contributed by atoms with van der Waals surface area (Å²) in [7, 11) is -2.96. The minimum Gasteiger partial charge on any atom is -0.298 e. The second kappa shape index (κ2) is 5.43. The molecule has 0 aromatic carbocycles. The molecule has 0 N–H and O–H groups in total. The third kappa shape index (κ3) is 2.81. The van der Waals surface area contributed by atoms with Crippen LogP contribution >= 0.6 is 0 Å². The number of hydrogen-bond donors (Lipinski definition) is 0. The smallest absolute Gasteiger partial charge is 0.173 e. The topological polar surface area (TPSA) is 40.6 Å². The van der Waals surface area contributed by atoms with Crippen molar-refractivity contribution < 1.29 is 8.42 Å². The largest absolute Gasteiger partial charge is 0.298 e. The molecule has 3 atom stereocenters. The predicted molar refractivity (Wildman–Crippen MR) is 81.3 cm³/mol. The Bertz CT molecular complexity index is 486. The Labute approximate surface area is 122 Å². The van der Waals surface area contributed by atoms with Crippen LogP contribution in [0, 0.1) is 5.92 Å². The van der Waals surface area contributed by atoms with Gasteiger partial charge in [-0.15, -0.1) is 0 Å². The van der Waals surface area contributed by atoms with Gasteiger partial charge in [-0.05, 0) is 25.3 Å². The van der Waals surface area contributed by atoms with E-state index in [4.69, 9.17) is 0 Å². The highest BCUT2D eigenvalue weighted by molar-refractivity contribution is 7.94. The first kappa shape index (κ1) is 14.5. The first-order valence-corrected chi connectivity index (χ1v) is 9.58. The van der Waals surface area contributed by atoms with E-state index in [9.17, 15) is 8.42 Å². The molecule has 20 heavy (non-hydrogen) atoms. The molecule has 0 aromatic heterocycles. The molecule has 3 aliphatic rings. The average Bonchev–Trinajstić information content (AvgIpc) is 2.77. The van der Waals surface area contributed by atoms with Gasteiger partial charge in [-0.2, -0.15) is 0 Å². The summed E-state index contributed by atoms with van der Waals surface area (Å²) in [6.45, 7) is 7.88. The van der Waals surface area contributed by atoms with Crippen LogP contribution in [-0.4, -0.2) is 61.7 Å². The van der Waals surface area contributed by atoms with Crippen LogP contribution in [0.3, 0.4) is 0 Å². The Morgan fingerprint density at radius 3 is 2.65 bits per heavy atom. The molecule has 114 valence electrons. The molecular formula is C15H26N2O2S. The Morgan fingerprint density at radius 2 is 2.00 bits per heavy atom. The summed E-state index contributed by atoms with van der Waals surface area (Å²) < 4.78 is 23.4. The number of sulfone groups is 1. The zero-order chi connectivity index (χ0) is 14.3. The van der Waals surface area contributed by atoms with Gasteiger partial charge in [0, 0.05) is 36.6 Å². The number of piperazine rings is 1. The van der Waals surface area contributed by atoms with Gasteiger partial charge in [0.1, 0.15) is 0 Å². The second-order valence-corrected chi connectivity index (χ2v) is 8.81. The maximum atomic E-state index is 11.7. The molecule has 0 aromatic rings. The van der Waals surface area contributed by atoms with Crippen molar-refractivity contribution in [2.75, 3.05) is 25.4 Å². The van der Waals surface area contributed by atoms with E-state index in [2.05, 4.69) is 23.6 Å². The molecule has 3 aliphatic heterocycles. The van der Waals surface area contributed by atoms with Gasteiger partial charge in [-0.25, -0.2) is 8.42 Å². The van der Waals surface area contributed by atoms with Gasteiger partial charge >= 0.3 is 0 Å². The first-order valence-electron chi connectivity index (χ1n) is 7.87. The lowest BCUT2D eigenvalue weighted by Gasteiger charge is -2.51. The highest BCUT2D eigenvalue weighted by atomic mass is 32.2. The van der Waals surface area contributed by atoms with Crippen LogP contribution in [0.15, 0.2) is 11.5 Å². The summed E-state index contributed by atoms with van der Waals surface area (Å²) in [5, 5.41) is 1.42. The summed E-state index contributed by atoms with van der Waals surface area (Å²) in [5.41, 5.74) is 0. The van der Waals surface area contributed by atoms with Crippen LogP contribution in [0.2, 0.25) is 0 Å². The SMILES string of the molecule is CC(C)C1CN2CCCCC2CN1C1C=CS(=O)(=O)C1. The summed E-state index contributed by atoms with van der Waals surface area (Å²) in [6, 6.07) is 1.21. The Kier molecular flexibility index (Phi) is 3.95. The monoisotopic (exact) mass is 298 g/mol. The number of hydrogen-bond acceptors (Lipinski definition) is 4. The lowest BCUT2D eigenvalue weighted by atomic mass is 9.91. The number of nitrogens with zero attached hydrogens (tertiary/aromatic N) is 2. The molecule has 4 nitrogen and oxygen atoms in total. The second-order valence-electron chi connectivity index (χ2n) is 6.88. The van der Waals surface area contributed by atoms with E-state index in [0.717, 1.165) is 13.1 Å². The van der Waals surface area contributed by atoms with E-state index >= 15 is 0 Å². The van der Waals surface area contributed by atoms with Crippen molar-refractivity contribution in [1.82, 2.24) is 9.80 Å². The third-order valence-electron chi connectivity index (χ3n) is 5.12. The van der Waals surface area contributed by atoms with Crippen molar-refractivity contribution >= 4 is 9.84 Å². The van der Waals surface area contributed by atoms with Crippen molar-refractivity contribution in [3.63, 3.8) is 0 Å². The quantitative estimate of drug-likeness (QED) is 0.774. The minimum absolute atomic E-state index is 0.0940. The number of fused-ring (bicyclic) bond motifs is 1. The van der Waals surface area contributed by atoms with Gasteiger partial charge in [0.2, 0.25) is 0 Å². The minimum atomic E-state index is -2.96. The van der Waals surface area contributed by atoms with E-state index in [0.29, 0.717) is 18.0 Å². The van der Waals surface area contributed by atoms with E-state index in [1.165, 1.54) is 31.2 Å². The molecule has 0 bridgehead atoms. The molecule has 3 rings (SSSR count). The normalized spacial score (nSPS) is 38.2. The molecule has 0 amide bonds. The van der Waals surface area contributed by atoms with E-state index in [1.807, 2.05) is 6.08 Å². The highest BCUT2D eigenvalue weighted by Crippen LogP contribution is 2.30. The fourth-order valence-electron chi connectivity index (χ4n) is 3.97. The molecule has 5 heteroatoms. The van der Waals surface area contributed by atoms with Crippen molar-refractivity contribution in [3.05, 3.63) is 11.5 Å². The van der Waals surface area contributed by atoms with Crippen molar-refractivity contribution in [3.8, 4) is 0 Å². The molecule has 2 fully saturated rings. The van der Waals surface area contributed by atoms with Crippen LogP contribution in [0.1, 0.15) is 33.1 Å². The van der Waals surface area contributed by atoms with Gasteiger partial charge in [0.15, 0.2) is 9.84 Å². The summed E-state index contributed by atoms with van der Waals surface area (Å²) in [5.74, 6) is 0.845. The maximum absolute atomic E-state index is 11.7. The van der Waals surface area contributed by atoms with Crippen molar-refractivity contribution in [2.24, 2.45) is 5.92 Å². The Morgan fingerprint density at radius 1 is 1.20 bits per heavy atom. The van der Waals surface area contributed by atoms with E-state index in [-0.39, 0.29) is 11.8 Å². The lowest BCUT2D eigenvalue weighted by Crippen LogP contribution is -2.63. The fourth-order valence-corrected chi connectivity index (χ4v) is 5.28. The molecule has 0 spiro atoms. The summed E-state index contributed by atoms with van der Waals surface area (Å²) in [6.07, 6.45) is 5.81. The molecule has 2 saturated heterocycles. The van der Waals surface area contributed by atoms with Gasteiger partial charge in [0.25, 0.3) is 0 Å². The van der Waals surface area contributed by atoms with Crippen LogP contribution in [-0.2, 0) is 9.84 Å². The predicted octanol–water partition coefficient (Wildman–Crippen LogP) is 1.49. The maximum Gasteiger partial charge on any atom is 0.173 e.